The van der Waals surface area contributed by atoms with E-state index < -0.39 is 0 Å². The fourth-order valence-corrected chi connectivity index (χ4v) is 4.93. The van der Waals surface area contributed by atoms with Crippen LogP contribution in [0.1, 0.15) is 72.7 Å². The van der Waals surface area contributed by atoms with Crippen LogP contribution in [0.3, 0.4) is 0 Å². The molecule has 0 spiro atoms. The fourth-order valence-electron chi connectivity index (χ4n) is 4.93. The van der Waals surface area contributed by atoms with E-state index in [2.05, 4.69) is 88.9 Å². The molecule has 0 aliphatic carbocycles. The van der Waals surface area contributed by atoms with Crippen molar-refractivity contribution < 1.29 is 0 Å². The highest BCUT2D eigenvalue weighted by atomic mass is 15.1. The third-order valence-electron chi connectivity index (χ3n) is 6.90. The molecular formula is C29H36N2. The van der Waals surface area contributed by atoms with Gasteiger partial charge in [-0.15, -0.1) is 0 Å². The van der Waals surface area contributed by atoms with Gasteiger partial charge in [-0.2, -0.15) is 0 Å². The number of pyridine rings is 1. The van der Waals surface area contributed by atoms with Gasteiger partial charge in [0.05, 0.1) is 5.69 Å². The predicted octanol–water partition coefficient (Wildman–Crippen LogP) is 7.18. The number of aryl methyl sites for hydroxylation is 4. The van der Waals surface area contributed by atoms with Crippen molar-refractivity contribution in [1.82, 2.24) is 4.98 Å². The molecule has 0 saturated heterocycles. The topological polar surface area (TPSA) is 16.1 Å². The lowest BCUT2D eigenvalue weighted by Crippen LogP contribution is -2.32. The largest absolute Gasteiger partial charge is 0.367 e. The summed E-state index contributed by atoms with van der Waals surface area (Å²) in [6.45, 7) is 15.5. The van der Waals surface area contributed by atoms with Gasteiger partial charge in [0.15, 0.2) is 0 Å². The van der Waals surface area contributed by atoms with E-state index >= 15 is 0 Å². The lowest BCUT2D eigenvalue weighted by Gasteiger charge is -2.33. The van der Waals surface area contributed by atoms with Crippen molar-refractivity contribution in [3.8, 4) is 11.3 Å². The zero-order valence-electron chi connectivity index (χ0n) is 20.0. The number of aromatic nitrogens is 1. The molecule has 4 rings (SSSR count). The molecule has 0 bridgehead atoms. The smallest absolute Gasteiger partial charge is 0.0713 e. The summed E-state index contributed by atoms with van der Waals surface area (Å²) in [4.78, 5) is 7.78. The predicted molar refractivity (Wildman–Crippen MR) is 133 cm³/mol. The van der Waals surface area contributed by atoms with Gasteiger partial charge >= 0.3 is 0 Å². The average molecular weight is 413 g/mol. The van der Waals surface area contributed by atoms with E-state index in [0.717, 1.165) is 38.0 Å². The maximum atomic E-state index is 5.23. The summed E-state index contributed by atoms with van der Waals surface area (Å²) >= 11 is 0. The SMILES string of the molecule is CCc1cccc(CC)c1-c1cc(C)c2c(n1)CCN(c1cc(C(C)C)ccc1C)C2. The van der Waals surface area contributed by atoms with Crippen LogP contribution in [0.5, 0.6) is 0 Å². The minimum Gasteiger partial charge on any atom is -0.367 e. The first-order valence-corrected chi connectivity index (χ1v) is 11.9. The summed E-state index contributed by atoms with van der Waals surface area (Å²) in [5.41, 5.74) is 13.6. The Hall–Kier alpha value is -2.61. The number of hydrogen-bond donors (Lipinski definition) is 0. The van der Waals surface area contributed by atoms with Gasteiger partial charge in [0.2, 0.25) is 0 Å². The lowest BCUT2D eigenvalue weighted by molar-refractivity contribution is 0.705. The molecule has 162 valence electrons. The van der Waals surface area contributed by atoms with E-state index in [1.54, 1.807) is 0 Å². The highest BCUT2D eigenvalue weighted by molar-refractivity contribution is 5.70. The minimum absolute atomic E-state index is 0.550. The van der Waals surface area contributed by atoms with Gasteiger partial charge < -0.3 is 4.90 Å². The van der Waals surface area contributed by atoms with Crippen molar-refractivity contribution in [2.24, 2.45) is 0 Å². The molecule has 2 heterocycles. The maximum Gasteiger partial charge on any atom is 0.0713 e. The zero-order valence-corrected chi connectivity index (χ0v) is 20.0. The number of rotatable bonds is 5. The Bertz CT molecular complexity index is 1070. The van der Waals surface area contributed by atoms with Gasteiger partial charge in [0, 0.05) is 36.5 Å². The fraction of sp³-hybridized carbons (Fsp3) is 0.414. The maximum absolute atomic E-state index is 5.23. The van der Waals surface area contributed by atoms with Crippen LogP contribution in [0, 0.1) is 13.8 Å². The summed E-state index contributed by atoms with van der Waals surface area (Å²) in [7, 11) is 0. The highest BCUT2D eigenvalue weighted by Gasteiger charge is 2.23. The van der Waals surface area contributed by atoms with Crippen molar-refractivity contribution >= 4 is 5.69 Å². The van der Waals surface area contributed by atoms with Gasteiger partial charge in [0.1, 0.15) is 0 Å². The number of anilines is 1. The second-order valence-electron chi connectivity index (χ2n) is 9.28. The van der Waals surface area contributed by atoms with Crippen molar-refractivity contribution in [1.29, 1.82) is 0 Å². The molecule has 0 radical (unpaired) electrons. The molecule has 3 aromatic rings. The van der Waals surface area contributed by atoms with Crippen LogP contribution in [-0.4, -0.2) is 11.5 Å². The minimum atomic E-state index is 0.550. The Morgan fingerprint density at radius 1 is 0.935 bits per heavy atom. The van der Waals surface area contributed by atoms with E-state index in [4.69, 9.17) is 4.98 Å². The van der Waals surface area contributed by atoms with E-state index in [-0.39, 0.29) is 0 Å². The molecule has 2 nitrogen and oxygen atoms in total. The quantitative estimate of drug-likeness (QED) is 0.441. The van der Waals surface area contributed by atoms with E-state index in [1.165, 1.54) is 50.3 Å². The first kappa shape index (κ1) is 21.6. The number of hydrogen-bond acceptors (Lipinski definition) is 2. The van der Waals surface area contributed by atoms with E-state index in [0.29, 0.717) is 5.92 Å². The molecule has 0 atom stereocenters. The molecule has 31 heavy (non-hydrogen) atoms. The Balaban J connectivity index is 1.72. The summed E-state index contributed by atoms with van der Waals surface area (Å²) in [6.07, 6.45) is 3.09. The molecule has 1 aliphatic heterocycles. The molecule has 1 aliphatic rings. The van der Waals surface area contributed by atoms with Gasteiger partial charge in [0.25, 0.3) is 0 Å². The number of fused-ring (bicyclic) bond motifs is 1. The van der Waals surface area contributed by atoms with Crippen LogP contribution >= 0.6 is 0 Å². The van der Waals surface area contributed by atoms with E-state index in [9.17, 15) is 0 Å². The molecule has 0 saturated carbocycles. The number of nitrogens with zero attached hydrogens (tertiary/aromatic N) is 2. The lowest BCUT2D eigenvalue weighted by atomic mass is 9.91. The Labute approximate surface area is 188 Å². The summed E-state index contributed by atoms with van der Waals surface area (Å²) < 4.78 is 0. The summed E-state index contributed by atoms with van der Waals surface area (Å²) in [5.74, 6) is 0.550. The van der Waals surface area contributed by atoms with Crippen molar-refractivity contribution in [3.63, 3.8) is 0 Å². The van der Waals surface area contributed by atoms with Gasteiger partial charge in [-0.25, -0.2) is 0 Å². The molecular weight excluding hydrogens is 376 g/mol. The van der Waals surface area contributed by atoms with Crippen molar-refractivity contribution in [2.45, 2.75) is 73.3 Å². The van der Waals surface area contributed by atoms with Crippen LogP contribution in [0.25, 0.3) is 11.3 Å². The molecule has 0 amide bonds. The molecule has 0 unspecified atom stereocenters. The third-order valence-corrected chi connectivity index (χ3v) is 6.90. The van der Waals surface area contributed by atoms with Crippen LogP contribution < -0.4 is 4.90 Å². The standard InChI is InChI=1S/C29H36N2/c1-7-22-10-9-11-23(8-2)29(22)27-16-21(6)25-18-31(15-14-26(25)30-27)28-17-24(19(3)4)13-12-20(28)5/h9-13,16-17,19H,7-8,14-15,18H2,1-6H3. The molecule has 2 aromatic carbocycles. The first-order chi connectivity index (χ1) is 14.9. The van der Waals surface area contributed by atoms with Crippen LogP contribution in [0.4, 0.5) is 5.69 Å². The average Bonchev–Trinajstić information content (AvgIpc) is 2.78. The zero-order chi connectivity index (χ0) is 22.1. The molecule has 2 heteroatoms. The Kier molecular flexibility index (Phi) is 6.18. The normalized spacial score (nSPS) is 13.6. The van der Waals surface area contributed by atoms with Gasteiger partial charge in [-0.3, -0.25) is 4.98 Å². The Morgan fingerprint density at radius 2 is 1.65 bits per heavy atom. The van der Waals surface area contributed by atoms with Crippen LogP contribution in [-0.2, 0) is 25.8 Å². The van der Waals surface area contributed by atoms with E-state index in [1.807, 2.05) is 0 Å². The summed E-state index contributed by atoms with van der Waals surface area (Å²) in [6, 6.07) is 16.0. The number of benzene rings is 2. The Morgan fingerprint density at radius 3 is 2.29 bits per heavy atom. The molecule has 0 fully saturated rings. The third kappa shape index (κ3) is 4.13. The van der Waals surface area contributed by atoms with Gasteiger partial charge in [-0.05, 0) is 78.1 Å². The van der Waals surface area contributed by atoms with Crippen molar-refractivity contribution in [2.75, 3.05) is 11.4 Å². The van der Waals surface area contributed by atoms with Crippen LogP contribution in [0.2, 0.25) is 0 Å². The summed E-state index contributed by atoms with van der Waals surface area (Å²) in [5, 5.41) is 0. The second-order valence-corrected chi connectivity index (χ2v) is 9.28. The van der Waals surface area contributed by atoms with Crippen molar-refractivity contribution in [3.05, 3.63) is 81.5 Å². The van der Waals surface area contributed by atoms with Crippen LogP contribution in [0.15, 0.2) is 42.5 Å². The monoisotopic (exact) mass is 412 g/mol. The molecule has 1 aromatic heterocycles. The highest BCUT2D eigenvalue weighted by Crippen LogP contribution is 2.34. The first-order valence-electron chi connectivity index (χ1n) is 11.9. The van der Waals surface area contributed by atoms with Gasteiger partial charge in [-0.1, -0.05) is 58.0 Å². The second kappa shape index (κ2) is 8.86. The molecule has 0 N–H and O–H groups in total.